The highest BCUT2D eigenvalue weighted by Crippen LogP contribution is 2.55. The molecular weight excluding hydrogens is 1010 g/mol. The van der Waals surface area contributed by atoms with Crippen LogP contribution in [0.15, 0.2) is 249 Å². The van der Waals surface area contributed by atoms with E-state index in [4.69, 9.17) is 0 Å². The molecule has 2 nitrogen and oxygen atoms in total. The van der Waals surface area contributed by atoms with Gasteiger partial charge >= 0.3 is 0 Å². The Balaban J connectivity index is 0.855. The second kappa shape index (κ2) is 17.1. The number of anilines is 6. The molecule has 1 aromatic heterocycles. The van der Waals surface area contributed by atoms with E-state index in [-0.39, 0.29) is 16.2 Å². The fourth-order valence-corrected chi connectivity index (χ4v) is 16.5. The Bertz CT molecular complexity index is 5040. The van der Waals surface area contributed by atoms with Crippen LogP contribution in [-0.2, 0) is 16.2 Å². The second-order valence-corrected chi connectivity index (χ2v) is 25.7. The van der Waals surface area contributed by atoms with Gasteiger partial charge in [-0.1, -0.05) is 217 Å². The summed E-state index contributed by atoms with van der Waals surface area (Å²) in [5.41, 5.74) is 19.9. The Morgan fingerprint density at radius 1 is 0.354 bits per heavy atom. The normalized spacial score (nSPS) is 17.5. The minimum Gasteiger partial charge on any atom is -0.310 e. The summed E-state index contributed by atoms with van der Waals surface area (Å²) in [6, 6.07) is 83.4. The lowest BCUT2D eigenvalue weighted by Crippen LogP contribution is -2.32. The molecule has 0 spiro atoms. The lowest BCUT2D eigenvalue weighted by molar-refractivity contribution is 0.493. The van der Waals surface area contributed by atoms with Crippen LogP contribution in [0.3, 0.4) is 0 Å². The van der Waals surface area contributed by atoms with Crippen LogP contribution in [0.5, 0.6) is 0 Å². The van der Waals surface area contributed by atoms with Crippen molar-refractivity contribution in [1.29, 1.82) is 0 Å². The third kappa shape index (κ3) is 6.69. The molecule has 0 saturated heterocycles. The minimum atomic E-state index is -0.152. The highest BCUT2D eigenvalue weighted by molar-refractivity contribution is 7.27. The van der Waals surface area contributed by atoms with E-state index in [1.165, 1.54) is 119 Å². The number of allylic oxidation sites excluding steroid dienone is 5. The Kier molecular flexibility index (Phi) is 9.93. The molecule has 1 heterocycles. The first-order valence-corrected chi connectivity index (χ1v) is 29.8. The Hall–Kier alpha value is -9.28. The summed E-state index contributed by atoms with van der Waals surface area (Å²) in [6.07, 6.45) is 13.9. The molecule has 0 saturated carbocycles. The second-order valence-electron chi connectivity index (χ2n) is 24.6. The lowest BCUT2D eigenvalue weighted by atomic mass is 9.65. The SMILES string of the molecule is CC1(C)c2ccccc2-c2ccc(N(c3ccc4c(c3)sc3c5ccc(N(c6ccc7c(c6)C(C)(C)c6ccccc6-7)c6ccc7c(c6)C6(C)C=CC=CC6C=C7)cc5c5ccccc5c43)c3ccc4ccc5ccccc5c4c3)cc21. The van der Waals surface area contributed by atoms with E-state index >= 15 is 0 Å². The van der Waals surface area contributed by atoms with Crippen LogP contribution in [0.4, 0.5) is 34.1 Å². The van der Waals surface area contributed by atoms with Gasteiger partial charge in [0.2, 0.25) is 0 Å². The Morgan fingerprint density at radius 3 is 1.55 bits per heavy atom. The molecule has 2 unspecified atom stereocenters. The first kappa shape index (κ1) is 47.5. The first-order chi connectivity index (χ1) is 40.0. The molecule has 0 N–H and O–H groups in total. The van der Waals surface area contributed by atoms with Gasteiger partial charge in [0.25, 0.3) is 0 Å². The fraction of sp³-hybridized carbons (Fsp3) is 0.114. The van der Waals surface area contributed by atoms with Crippen LogP contribution < -0.4 is 9.80 Å². The molecule has 390 valence electrons. The van der Waals surface area contributed by atoms with Crippen molar-refractivity contribution in [2.45, 2.75) is 50.9 Å². The molecule has 0 amide bonds. The monoisotopic (exact) mass is 1070 g/mol. The summed E-state index contributed by atoms with van der Waals surface area (Å²) < 4.78 is 2.58. The number of benzene rings is 12. The van der Waals surface area contributed by atoms with Crippen molar-refractivity contribution in [2.24, 2.45) is 5.92 Å². The lowest BCUT2D eigenvalue weighted by Gasteiger charge is -2.39. The highest BCUT2D eigenvalue weighted by Gasteiger charge is 2.39. The zero-order valence-corrected chi connectivity index (χ0v) is 47.4. The van der Waals surface area contributed by atoms with E-state index < -0.39 is 0 Å². The molecule has 0 aliphatic heterocycles. The van der Waals surface area contributed by atoms with Crippen LogP contribution in [0, 0.1) is 5.92 Å². The largest absolute Gasteiger partial charge is 0.310 e. The molecule has 0 radical (unpaired) electrons. The molecular formula is C79H58N2S. The molecule has 0 bridgehead atoms. The maximum absolute atomic E-state index is 2.53. The van der Waals surface area contributed by atoms with E-state index in [1.807, 2.05) is 11.3 Å². The minimum absolute atomic E-state index is 0.142. The molecule has 4 aliphatic rings. The van der Waals surface area contributed by atoms with Crippen molar-refractivity contribution in [3.63, 3.8) is 0 Å². The van der Waals surface area contributed by atoms with Gasteiger partial charge in [-0.15, -0.1) is 11.3 Å². The summed E-state index contributed by atoms with van der Waals surface area (Å²) >= 11 is 1.92. The van der Waals surface area contributed by atoms with Crippen LogP contribution >= 0.6 is 11.3 Å². The van der Waals surface area contributed by atoms with Gasteiger partial charge in [0.05, 0.1) is 0 Å². The van der Waals surface area contributed by atoms with Crippen molar-refractivity contribution in [1.82, 2.24) is 0 Å². The van der Waals surface area contributed by atoms with Gasteiger partial charge in [0.1, 0.15) is 0 Å². The van der Waals surface area contributed by atoms with Crippen molar-refractivity contribution in [3.8, 4) is 22.3 Å². The number of fused-ring (bicyclic) bond motifs is 20. The van der Waals surface area contributed by atoms with Gasteiger partial charge in [-0.3, -0.25) is 0 Å². The van der Waals surface area contributed by atoms with E-state index in [0.717, 1.165) is 34.1 Å². The predicted molar refractivity (Wildman–Crippen MR) is 352 cm³/mol. The molecule has 0 fully saturated rings. The molecule has 2 atom stereocenters. The fourth-order valence-electron chi connectivity index (χ4n) is 15.2. The number of hydrogen-bond acceptors (Lipinski definition) is 3. The van der Waals surface area contributed by atoms with Gasteiger partial charge in [0, 0.05) is 81.8 Å². The van der Waals surface area contributed by atoms with Crippen LogP contribution in [0.25, 0.3) is 91.6 Å². The van der Waals surface area contributed by atoms with E-state index in [9.17, 15) is 0 Å². The van der Waals surface area contributed by atoms with E-state index in [2.05, 4.69) is 299 Å². The molecule has 13 aromatic rings. The van der Waals surface area contributed by atoms with Crippen LogP contribution in [-0.4, -0.2) is 0 Å². The Morgan fingerprint density at radius 2 is 0.854 bits per heavy atom. The van der Waals surface area contributed by atoms with Gasteiger partial charge in [-0.05, 0) is 166 Å². The highest BCUT2D eigenvalue weighted by atomic mass is 32.1. The van der Waals surface area contributed by atoms with Gasteiger partial charge in [0.15, 0.2) is 0 Å². The summed E-state index contributed by atoms with van der Waals surface area (Å²) in [4.78, 5) is 5.02. The standard InChI is InChI=1S/C79H58N2S/c1-77(2)69-23-12-10-20-60(69)62-37-33-55(45-72(62)77)80(54-32-29-50-27-30-51-17-14-15-41-79(51,5)71(50)44-54)53-35-39-65-68(43-53)59-19-8-9-22-64(59)75-66-40-36-57(47-74(66)82-76(65)75)81(52-31-28-49-26-25-48-16-6-7-18-58(48)67(49)42-52)56-34-38-63-61-21-11-13-24-70(61)78(3,4)73(63)46-56/h6-47,51H,1-5H3. The van der Waals surface area contributed by atoms with Gasteiger partial charge in [-0.2, -0.15) is 0 Å². The van der Waals surface area contributed by atoms with Crippen molar-refractivity contribution in [3.05, 3.63) is 282 Å². The number of thiophene rings is 1. The molecule has 4 aliphatic carbocycles. The maximum Gasteiger partial charge on any atom is 0.0476 e. The molecule has 82 heavy (non-hydrogen) atoms. The Labute approximate surface area is 482 Å². The van der Waals surface area contributed by atoms with E-state index in [1.54, 1.807) is 0 Å². The van der Waals surface area contributed by atoms with Crippen LogP contribution in [0.2, 0.25) is 0 Å². The average molecular weight is 1070 g/mol. The summed E-state index contributed by atoms with van der Waals surface area (Å²) in [5, 5.41) is 12.7. The quantitative estimate of drug-likeness (QED) is 0.153. The zero-order chi connectivity index (χ0) is 54.8. The first-order valence-electron chi connectivity index (χ1n) is 29.0. The average Bonchev–Trinajstić information content (AvgIpc) is 2.39. The third-order valence-electron chi connectivity index (χ3n) is 19.5. The van der Waals surface area contributed by atoms with Crippen molar-refractivity contribution >= 4 is 115 Å². The van der Waals surface area contributed by atoms with Crippen molar-refractivity contribution < 1.29 is 0 Å². The van der Waals surface area contributed by atoms with E-state index in [0.29, 0.717) is 5.92 Å². The van der Waals surface area contributed by atoms with Gasteiger partial charge in [-0.25, -0.2) is 0 Å². The molecule has 12 aromatic carbocycles. The van der Waals surface area contributed by atoms with Crippen molar-refractivity contribution in [2.75, 3.05) is 9.80 Å². The summed E-state index contributed by atoms with van der Waals surface area (Å²) in [6.45, 7) is 11.9. The predicted octanol–water partition coefficient (Wildman–Crippen LogP) is 22.2. The smallest absolute Gasteiger partial charge is 0.0476 e. The zero-order valence-electron chi connectivity index (χ0n) is 46.6. The third-order valence-corrected chi connectivity index (χ3v) is 20.7. The summed E-state index contributed by atoms with van der Waals surface area (Å²) in [5.74, 6) is 0.298. The number of rotatable bonds is 6. The van der Waals surface area contributed by atoms with Gasteiger partial charge < -0.3 is 9.80 Å². The summed E-state index contributed by atoms with van der Waals surface area (Å²) in [7, 11) is 0. The van der Waals surface area contributed by atoms with Crippen LogP contribution in [0.1, 0.15) is 68.0 Å². The molecule has 3 heteroatoms. The number of hydrogen-bond donors (Lipinski definition) is 0. The number of nitrogens with zero attached hydrogens (tertiary/aromatic N) is 2. The maximum atomic E-state index is 2.53. The molecule has 17 rings (SSSR count). The topological polar surface area (TPSA) is 6.48 Å².